The van der Waals surface area contributed by atoms with E-state index in [1.54, 1.807) is 36.4 Å². The first-order valence-electron chi connectivity index (χ1n) is 16.2. The molecule has 0 bridgehead atoms. The molecule has 0 spiro atoms. The number of hydrogen-bond donors (Lipinski definition) is 1. The molecule has 248 valence electrons. The van der Waals surface area contributed by atoms with Crippen LogP contribution in [0.2, 0.25) is 5.02 Å². The van der Waals surface area contributed by atoms with Gasteiger partial charge in [0.1, 0.15) is 5.82 Å². The van der Waals surface area contributed by atoms with Gasteiger partial charge in [-0.25, -0.2) is 24.7 Å². The quantitative estimate of drug-likeness (QED) is 0.199. The zero-order chi connectivity index (χ0) is 32.5. The molecule has 0 amide bonds. The van der Waals surface area contributed by atoms with Crippen molar-refractivity contribution >= 4 is 73.6 Å². The van der Waals surface area contributed by atoms with Gasteiger partial charge in [0.25, 0.3) is 0 Å². The fourth-order valence-corrected chi connectivity index (χ4v) is 9.35. The highest BCUT2D eigenvalue weighted by atomic mass is 35.5. The van der Waals surface area contributed by atoms with Crippen LogP contribution in [0.3, 0.4) is 0 Å². The van der Waals surface area contributed by atoms with E-state index in [2.05, 4.69) is 53.0 Å². The van der Waals surface area contributed by atoms with E-state index in [9.17, 15) is 4.79 Å². The third kappa shape index (κ3) is 6.52. The monoisotopic (exact) mass is 694 g/mol. The molecular weight excluding hydrogens is 656 g/mol. The maximum Gasteiger partial charge on any atom is 0.350 e. The summed E-state index contributed by atoms with van der Waals surface area (Å²) in [6.07, 6.45) is 3.40. The van der Waals surface area contributed by atoms with E-state index >= 15 is 0 Å². The smallest absolute Gasteiger partial charge is 0.350 e. The highest BCUT2D eigenvalue weighted by molar-refractivity contribution is 7.99. The molecule has 0 radical (unpaired) electrons. The van der Waals surface area contributed by atoms with Crippen LogP contribution in [0.4, 0.5) is 11.8 Å². The molecule has 2 N–H and O–H groups in total. The molecular formula is C32H39ClN10O2S2. The second-order valence-electron chi connectivity index (χ2n) is 12.2. The number of aromatic nitrogens is 4. The summed E-state index contributed by atoms with van der Waals surface area (Å²) in [4.78, 5) is 44.6. The first kappa shape index (κ1) is 32.4. The number of methoxy groups -OCH3 is 1. The Morgan fingerprint density at radius 2 is 1.94 bits per heavy atom. The van der Waals surface area contributed by atoms with Gasteiger partial charge in [-0.15, -0.1) is 23.1 Å². The Balaban J connectivity index is 1.30. The zero-order valence-electron chi connectivity index (χ0n) is 26.7. The number of ether oxygens (including phenoxy) is 1. The number of piperazine rings is 1. The predicted octanol–water partition coefficient (Wildman–Crippen LogP) is 4.38. The van der Waals surface area contributed by atoms with Gasteiger partial charge in [-0.05, 0) is 25.5 Å². The van der Waals surface area contributed by atoms with Crippen molar-refractivity contribution in [3.05, 3.63) is 33.2 Å². The number of rotatable bonds is 9. The van der Waals surface area contributed by atoms with Crippen molar-refractivity contribution < 1.29 is 4.74 Å². The van der Waals surface area contributed by atoms with E-state index in [0.29, 0.717) is 24.0 Å². The fourth-order valence-electron chi connectivity index (χ4n) is 6.81. The number of benzene rings is 1. The van der Waals surface area contributed by atoms with E-state index in [1.807, 2.05) is 10.6 Å². The van der Waals surface area contributed by atoms with Crippen molar-refractivity contribution in [2.75, 3.05) is 89.0 Å². The second kappa shape index (κ2) is 14.2. The van der Waals surface area contributed by atoms with E-state index in [4.69, 9.17) is 27.1 Å². The van der Waals surface area contributed by atoms with Gasteiger partial charge in [-0.3, -0.25) is 9.47 Å². The largest absolute Gasteiger partial charge is 0.383 e. The predicted molar refractivity (Wildman–Crippen MR) is 192 cm³/mol. The van der Waals surface area contributed by atoms with Crippen LogP contribution < -0.4 is 16.3 Å². The summed E-state index contributed by atoms with van der Waals surface area (Å²) in [5, 5.41) is 3.57. The van der Waals surface area contributed by atoms with E-state index in [1.165, 1.54) is 0 Å². The molecule has 1 aromatic carbocycles. The summed E-state index contributed by atoms with van der Waals surface area (Å²) in [7, 11) is 1.65. The average molecular weight is 695 g/mol. The topological polar surface area (TPSA) is 130 Å². The fraction of sp³-hybridized carbons (Fsp3) is 0.531. The number of piperidine rings is 1. The minimum atomic E-state index is -0.216. The number of aliphatic imine (C=N–C) groups is 2. The Bertz CT molecular complexity index is 1890. The van der Waals surface area contributed by atoms with Crippen molar-refractivity contribution in [1.29, 1.82) is 0 Å². The van der Waals surface area contributed by atoms with Crippen molar-refractivity contribution in [2.24, 2.45) is 9.98 Å². The molecule has 12 nitrogen and oxygen atoms in total. The molecule has 6 heterocycles. The van der Waals surface area contributed by atoms with Gasteiger partial charge in [0.05, 0.1) is 58.2 Å². The van der Waals surface area contributed by atoms with Crippen LogP contribution in [0.25, 0.3) is 32.2 Å². The normalized spacial score (nSPS) is 19.4. The van der Waals surface area contributed by atoms with Crippen LogP contribution in [-0.4, -0.2) is 120 Å². The molecule has 1 atom stereocenters. The first-order chi connectivity index (χ1) is 22.9. The lowest BCUT2D eigenvalue weighted by Crippen LogP contribution is -2.49. The molecule has 7 rings (SSSR count). The maximum atomic E-state index is 14.2. The Labute approximate surface area is 286 Å². The lowest BCUT2D eigenvalue weighted by molar-refractivity contribution is 0.126. The summed E-state index contributed by atoms with van der Waals surface area (Å²) in [5.41, 5.74) is 9.27. The molecule has 4 aromatic rings. The Hall–Kier alpha value is -3.10. The Kier molecular flexibility index (Phi) is 9.78. The van der Waals surface area contributed by atoms with Crippen LogP contribution in [-0.2, 0) is 4.74 Å². The molecule has 0 saturated carbocycles. The number of halogens is 1. The summed E-state index contributed by atoms with van der Waals surface area (Å²) >= 11 is 10.5. The number of thioether (sulfide) groups is 1. The number of anilines is 2. The minimum Gasteiger partial charge on any atom is -0.383 e. The summed E-state index contributed by atoms with van der Waals surface area (Å²) in [6, 6.07) is 4.95. The van der Waals surface area contributed by atoms with Gasteiger partial charge in [0, 0.05) is 85.5 Å². The van der Waals surface area contributed by atoms with Crippen LogP contribution in [0.5, 0.6) is 0 Å². The van der Waals surface area contributed by atoms with Gasteiger partial charge in [-0.2, -0.15) is 4.98 Å². The molecule has 0 aliphatic carbocycles. The molecule has 47 heavy (non-hydrogen) atoms. The van der Waals surface area contributed by atoms with Crippen molar-refractivity contribution in [3.8, 4) is 11.1 Å². The summed E-state index contributed by atoms with van der Waals surface area (Å²) < 4.78 is 7.92. The molecule has 3 aliphatic rings. The molecule has 2 saturated heterocycles. The lowest BCUT2D eigenvalue weighted by atomic mass is 10.0. The van der Waals surface area contributed by atoms with Crippen LogP contribution >= 0.6 is 34.7 Å². The number of nitrogens with two attached hydrogens (primary N) is 1. The van der Waals surface area contributed by atoms with Gasteiger partial charge in [0.15, 0.2) is 0 Å². The number of thiophene rings is 1. The molecule has 3 aliphatic heterocycles. The van der Waals surface area contributed by atoms with Crippen LogP contribution in [0.15, 0.2) is 37.3 Å². The van der Waals surface area contributed by atoms with Gasteiger partial charge >= 0.3 is 5.69 Å². The standard InChI is InChI=1S/C32H39ClN10O2S2/c1-3-40-9-11-41(12-10-40)16-21-17-47-29-26(23-18-46-25-15-36-31(34)38-27(23)25)24(33)14-22-28(29)43(21)32(44)39-30(22)42-7-4-20(5-8-42)37-19-35-6-13-45-2/h14-15,18,20-21H,3-13,16-17H2,1-2H3,(H2,34,36,38). The third-order valence-electron chi connectivity index (χ3n) is 9.35. The van der Waals surface area contributed by atoms with Gasteiger partial charge < -0.3 is 20.3 Å². The third-order valence-corrected chi connectivity index (χ3v) is 11.8. The zero-order valence-corrected chi connectivity index (χ0v) is 29.1. The first-order valence-corrected chi connectivity index (χ1v) is 18.4. The molecule has 2 fully saturated rings. The van der Waals surface area contributed by atoms with Crippen LogP contribution in [0.1, 0.15) is 25.8 Å². The number of fused-ring (bicyclic) bond motifs is 1. The highest BCUT2D eigenvalue weighted by Crippen LogP contribution is 2.49. The molecule has 3 aromatic heterocycles. The van der Waals surface area contributed by atoms with E-state index in [-0.39, 0.29) is 23.7 Å². The second-order valence-corrected chi connectivity index (χ2v) is 14.5. The number of hydrogen-bond acceptors (Lipinski definition) is 13. The maximum absolute atomic E-state index is 14.2. The van der Waals surface area contributed by atoms with Gasteiger partial charge in [-0.1, -0.05) is 18.5 Å². The van der Waals surface area contributed by atoms with Crippen molar-refractivity contribution in [2.45, 2.75) is 36.7 Å². The Morgan fingerprint density at radius 3 is 2.70 bits per heavy atom. The van der Waals surface area contributed by atoms with E-state index in [0.717, 1.165) is 108 Å². The van der Waals surface area contributed by atoms with Gasteiger partial charge in [0.2, 0.25) is 5.95 Å². The highest BCUT2D eigenvalue weighted by Gasteiger charge is 2.33. The van der Waals surface area contributed by atoms with E-state index < -0.39 is 0 Å². The number of nitrogens with zero attached hydrogens (tertiary/aromatic N) is 9. The SMILES string of the molecule is CCN1CCN(CC2CSc3c(-c4csc5cnc(N)nc45)c(Cl)cc4c(N5CCC(N=C=NCCOC)CC5)nc(=O)n2c34)CC1. The number of likely N-dealkylation sites (N-methyl/N-ethyl adjacent to an activating group) is 1. The van der Waals surface area contributed by atoms with Crippen LogP contribution in [0, 0.1) is 0 Å². The molecule has 15 heteroatoms. The number of nitrogen functional groups attached to an aromatic ring is 1. The van der Waals surface area contributed by atoms with Crippen molar-refractivity contribution in [1.82, 2.24) is 29.3 Å². The summed E-state index contributed by atoms with van der Waals surface area (Å²) in [5.74, 6) is 1.65. The van der Waals surface area contributed by atoms with Crippen molar-refractivity contribution in [3.63, 3.8) is 0 Å². The summed E-state index contributed by atoms with van der Waals surface area (Å²) in [6.45, 7) is 10.7. The minimum absolute atomic E-state index is 0.0130. The molecule has 1 unspecified atom stereocenters. The Morgan fingerprint density at radius 1 is 1.15 bits per heavy atom. The lowest BCUT2D eigenvalue weighted by Gasteiger charge is -2.38. The average Bonchev–Trinajstić information content (AvgIpc) is 3.49.